The number of ether oxygens (including phenoxy) is 3. The van der Waals surface area contributed by atoms with Gasteiger partial charge in [0.1, 0.15) is 13.2 Å². The Balaban J connectivity index is 4.31. The van der Waals surface area contributed by atoms with Crippen LogP contribution in [0.5, 0.6) is 0 Å². The van der Waals surface area contributed by atoms with E-state index in [-0.39, 0.29) is 31.1 Å². The van der Waals surface area contributed by atoms with Crippen LogP contribution in [0, 0.1) is 11.8 Å². The number of carbonyl (C=O) groups excluding carboxylic acids is 3. The second-order valence-electron chi connectivity index (χ2n) is 18.8. The predicted octanol–water partition coefficient (Wildman–Crippen LogP) is 16.5. The average molecular weight is 821 g/mol. The van der Waals surface area contributed by atoms with Crippen LogP contribution < -0.4 is 0 Å². The molecule has 0 bridgehead atoms. The van der Waals surface area contributed by atoms with Crippen molar-refractivity contribution < 1.29 is 28.6 Å². The zero-order valence-electron chi connectivity index (χ0n) is 39.7. The van der Waals surface area contributed by atoms with Crippen molar-refractivity contribution in [3.05, 3.63) is 0 Å². The van der Waals surface area contributed by atoms with Gasteiger partial charge in [0.25, 0.3) is 0 Å². The minimum Gasteiger partial charge on any atom is -0.462 e. The fourth-order valence-corrected chi connectivity index (χ4v) is 7.81. The molecule has 0 heterocycles. The van der Waals surface area contributed by atoms with E-state index in [1.54, 1.807) is 0 Å². The Kier molecular flexibility index (Phi) is 43.7. The van der Waals surface area contributed by atoms with Crippen molar-refractivity contribution in [2.24, 2.45) is 11.8 Å². The topological polar surface area (TPSA) is 78.9 Å². The lowest BCUT2D eigenvalue weighted by Crippen LogP contribution is -2.30. The molecule has 344 valence electrons. The van der Waals surface area contributed by atoms with Crippen molar-refractivity contribution in [3.63, 3.8) is 0 Å². The molecule has 0 aliphatic heterocycles. The quantitative estimate of drug-likeness (QED) is 0.0346. The molecule has 0 saturated heterocycles. The lowest BCUT2D eigenvalue weighted by Gasteiger charge is -2.18. The van der Waals surface area contributed by atoms with Crippen LogP contribution in [0.1, 0.15) is 285 Å². The molecule has 0 aliphatic carbocycles. The van der Waals surface area contributed by atoms with Crippen molar-refractivity contribution in [3.8, 4) is 0 Å². The first kappa shape index (κ1) is 56.4. The van der Waals surface area contributed by atoms with Crippen LogP contribution in [0.3, 0.4) is 0 Å². The monoisotopic (exact) mass is 821 g/mol. The molecule has 0 N–H and O–H groups in total. The second kappa shape index (κ2) is 44.9. The summed E-state index contributed by atoms with van der Waals surface area (Å²) in [4.78, 5) is 37.9. The average Bonchev–Trinajstić information content (AvgIpc) is 3.19. The molecule has 0 aromatic carbocycles. The van der Waals surface area contributed by atoms with E-state index < -0.39 is 6.10 Å². The molecule has 58 heavy (non-hydrogen) atoms. The van der Waals surface area contributed by atoms with Crippen molar-refractivity contribution >= 4 is 17.9 Å². The largest absolute Gasteiger partial charge is 0.462 e. The van der Waals surface area contributed by atoms with Gasteiger partial charge in [-0.05, 0) is 31.1 Å². The third-order valence-corrected chi connectivity index (χ3v) is 11.7. The number of hydrogen-bond acceptors (Lipinski definition) is 6. The van der Waals surface area contributed by atoms with Gasteiger partial charge >= 0.3 is 17.9 Å². The Morgan fingerprint density at radius 2 is 0.569 bits per heavy atom. The number of hydrogen-bond donors (Lipinski definition) is 0. The van der Waals surface area contributed by atoms with Gasteiger partial charge in [-0.15, -0.1) is 0 Å². The molecule has 6 heteroatoms. The molecule has 0 aromatic heterocycles. The fourth-order valence-electron chi connectivity index (χ4n) is 7.81. The molecule has 0 aliphatic rings. The molecule has 0 unspecified atom stereocenters. The highest BCUT2D eigenvalue weighted by molar-refractivity contribution is 5.71. The molecule has 6 nitrogen and oxygen atoms in total. The Bertz CT molecular complexity index is 885. The maximum atomic E-state index is 12.8. The first-order valence-electron chi connectivity index (χ1n) is 25.7. The van der Waals surface area contributed by atoms with Gasteiger partial charge in [-0.25, -0.2) is 0 Å². The van der Waals surface area contributed by atoms with E-state index in [1.165, 1.54) is 173 Å². The molecule has 1 atom stereocenters. The normalized spacial score (nSPS) is 12.1. The van der Waals surface area contributed by atoms with E-state index in [1.807, 2.05) is 0 Å². The maximum Gasteiger partial charge on any atom is 0.306 e. The van der Waals surface area contributed by atoms with Crippen molar-refractivity contribution in [1.29, 1.82) is 0 Å². The summed E-state index contributed by atoms with van der Waals surface area (Å²) in [6, 6.07) is 0. The standard InChI is InChI=1S/C52H100O6/c1-6-7-8-9-10-11-12-13-14-15-16-17-22-29-34-39-44-52(55)58-49(46-57-51(54)43-38-33-28-24-23-26-31-36-41-48(4)5)45-56-50(53)42-37-32-27-21-19-18-20-25-30-35-40-47(2)3/h47-49H,6-46H2,1-5H3/t49-/m0/s1. The Morgan fingerprint density at radius 1 is 0.328 bits per heavy atom. The van der Waals surface area contributed by atoms with E-state index in [4.69, 9.17) is 14.2 Å². The third-order valence-electron chi connectivity index (χ3n) is 11.7. The van der Waals surface area contributed by atoms with Gasteiger partial charge in [0.05, 0.1) is 0 Å². The molecule has 0 radical (unpaired) electrons. The van der Waals surface area contributed by atoms with E-state index in [0.29, 0.717) is 19.3 Å². The summed E-state index contributed by atoms with van der Waals surface area (Å²) in [7, 11) is 0. The molecular weight excluding hydrogens is 721 g/mol. The molecular formula is C52H100O6. The fraction of sp³-hybridized carbons (Fsp3) is 0.942. The van der Waals surface area contributed by atoms with E-state index in [2.05, 4.69) is 34.6 Å². The van der Waals surface area contributed by atoms with Gasteiger partial charge in [-0.3, -0.25) is 14.4 Å². The highest BCUT2D eigenvalue weighted by Gasteiger charge is 2.19. The number of carbonyl (C=O) groups is 3. The summed E-state index contributed by atoms with van der Waals surface area (Å²) in [6.07, 6.45) is 45.2. The van der Waals surface area contributed by atoms with Gasteiger partial charge in [0.2, 0.25) is 0 Å². The summed E-state index contributed by atoms with van der Waals surface area (Å²) >= 11 is 0. The SMILES string of the molecule is CCCCCCCCCCCCCCCCCCC(=O)O[C@@H](COC(=O)CCCCCCCCCCCCC(C)C)COC(=O)CCCCCCCCCCC(C)C. The lowest BCUT2D eigenvalue weighted by molar-refractivity contribution is -0.167. The van der Waals surface area contributed by atoms with E-state index >= 15 is 0 Å². The Labute approximate surface area is 361 Å². The van der Waals surface area contributed by atoms with Gasteiger partial charge in [0, 0.05) is 19.3 Å². The molecule has 0 saturated carbocycles. The van der Waals surface area contributed by atoms with Crippen LogP contribution in [0.2, 0.25) is 0 Å². The summed E-state index contributed by atoms with van der Waals surface area (Å²) in [6.45, 7) is 11.3. The number of esters is 3. The highest BCUT2D eigenvalue weighted by atomic mass is 16.6. The third kappa shape index (κ3) is 45.5. The molecule has 0 spiro atoms. The molecule has 0 amide bonds. The van der Waals surface area contributed by atoms with Crippen molar-refractivity contribution in [2.75, 3.05) is 13.2 Å². The summed E-state index contributed by atoms with van der Waals surface area (Å²) in [5.41, 5.74) is 0. The van der Waals surface area contributed by atoms with Crippen LogP contribution in [-0.4, -0.2) is 37.2 Å². The van der Waals surface area contributed by atoms with Crippen molar-refractivity contribution in [2.45, 2.75) is 291 Å². The number of rotatable bonds is 46. The van der Waals surface area contributed by atoms with E-state index in [9.17, 15) is 14.4 Å². The zero-order chi connectivity index (χ0) is 42.6. The van der Waals surface area contributed by atoms with Crippen molar-refractivity contribution in [1.82, 2.24) is 0 Å². The van der Waals surface area contributed by atoms with Crippen LogP contribution in [0.15, 0.2) is 0 Å². The summed E-state index contributed by atoms with van der Waals surface area (Å²) in [5, 5.41) is 0. The highest BCUT2D eigenvalue weighted by Crippen LogP contribution is 2.17. The van der Waals surface area contributed by atoms with Crippen LogP contribution in [0.4, 0.5) is 0 Å². The first-order valence-corrected chi connectivity index (χ1v) is 25.7. The Morgan fingerprint density at radius 3 is 0.845 bits per heavy atom. The lowest BCUT2D eigenvalue weighted by atomic mass is 10.0. The van der Waals surface area contributed by atoms with Gasteiger partial charge in [0.15, 0.2) is 6.10 Å². The Hall–Kier alpha value is -1.59. The minimum absolute atomic E-state index is 0.0643. The molecule has 0 aromatic rings. The summed E-state index contributed by atoms with van der Waals surface area (Å²) < 4.78 is 16.8. The molecule has 0 fully saturated rings. The van der Waals surface area contributed by atoms with Gasteiger partial charge in [-0.2, -0.15) is 0 Å². The maximum absolute atomic E-state index is 12.8. The molecule has 0 rings (SSSR count). The first-order chi connectivity index (χ1) is 28.2. The predicted molar refractivity (Wildman–Crippen MR) is 247 cm³/mol. The minimum atomic E-state index is -0.762. The van der Waals surface area contributed by atoms with E-state index in [0.717, 1.165) is 69.6 Å². The summed E-state index contributed by atoms with van der Waals surface area (Å²) in [5.74, 6) is 0.764. The smallest absolute Gasteiger partial charge is 0.306 e. The van der Waals surface area contributed by atoms with Gasteiger partial charge < -0.3 is 14.2 Å². The second-order valence-corrected chi connectivity index (χ2v) is 18.8. The number of unbranched alkanes of at least 4 members (excludes halogenated alkanes) is 31. The zero-order valence-corrected chi connectivity index (χ0v) is 39.7. The van der Waals surface area contributed by atoms with Crippen LogP contribution >= 0.6 is 0 Å². The van der Waals surface area contributed by atoms with Crippen LogP contribution in [-0.2, 0) is 28.6 Å². The van der Waals surface area contributed by atoms with Gasteiger partial charge in [-0.1, -0.05) is 247 Å². The van der Waals surface area contributed by atoms with Crippen LogP contribution in [0.25, 0.3) is 0 Å².